The smallest absolute Gasteiger partial charge is 0.217 e. The van der Waals surface area contributed by atoms with Crippen LogP contribution in [0, 0.1) is 0 Å². The highest BCUT2D eigenvalue weighted by molar-refractivity contribution is 5.74. The largest absolute Gasteiger partial charge is 0.506 e. The number of nitrogens with two attached hydrogens (primary N) is 1. The number of aryl methyl sites for hydroxylation is 1. The van der Waals surface area contributed by atoms with Crippen molar-refractivity contribution < 1.29 is 9.90 Å². The minimum Gasteiger partial charge on any atom is -0.506 e. The number of benzene rings is 1. The Hall–Kier alpha value is -2.36. The van der Waals surface area contributed by atoms with Gasteiger partial charge in [0.2, 0.25) is 5.91 Å². The van der Waals surface area contributed by atoms with Crippen LogP contribution in [0.2, 0.25) is 0 Å². The van der Waals surface area contributed by atoms with Crippen LogP contribution >= 0.6 is 0 Å². The van der Waals surface area contributed by atoms with Crippen LogP contribution in [0.25, 0.3) is 0 Å². The molecule has 3 rings (SSSR count). The van der Waals surface area contributed by atoms with Gasteiger partial charge in [0.15, 0.2) is 0 Å². The van der Waals surface area contributed by atoms with Crippen molar-refractivity contribution in [2.75, 3.05) is 0 Å². The zero-order valence-corrected chi connectivity index (χ0v) is 13.8. The fourth-order valence-corrected chi connectivity index (χ4v) is 3.76. The monoisotopic (exact) mass is 324 g/mol. The second-order valence-corrected chi connectivity index (χ2v) is 6.65. The maximum atomic E-state index is 11.1. The van der Waals surface area contributed by atoms with E-state index in [0.29, 0.717) is 18.3 Å². The molecule has 1 heterocycles. The van der Waals surface area contributed by atoms with E-state index in [-0.39, 0.29) is 11.7 Å². The zero-order valence-electron chi connectivity index (χ0n) is 13.8. The molecule has 4 nitrogen and oxygen atoms in total. The molecule has 0 radical (unpaired) electrons. The SMILES string of the molecule is NC(=O)CCc1ccccc1C1CCC(c2ccc(O)cn2)CC1. The average Bonchev–Trinajstić information content (AvgIpc) is 2.61. The van der Waals surface area contributed by atoms with E-state index in [4.69, 9.17) is 5.73 Å². The molecule has 3 N–H and O–H groups in total. The molecule has 1 amide bonds. The maximum Gasteiger partial charge on any atom is 0.217 e. The van der Waals surface area contributed by atoms with Gasteiger partial charge < -0.3 is 10.8 Å². The number of aromatic hydroxyl groups is 1. The number of aromatic nitrogens is 1. The van der Waals surface area contributed by atoms with Crippen LogP contribution in [0.5, 0.6) is 5.75 Å². The van der Waals surface area contributed by atoms with Crippen molar-refractivity contribution in [2.45, 2.75) is 50.4 Å². The molecule has 1 fully saturated rings. The molecule has 1 aromatic heterocycles. The summed E-state index contributed by atoms with van der Waals surface area (Å²) in [4.78, 5) is 15.4. The topological polar surface area (TPSA) is 76.2 Å². The van der Waals surface area contributed by atoms with Gasteiger partial charge in [0.05, 0.1) is 6.20 Å². The Labute approximate surface area is 142 Å². The molecular weight excluding hydrogens is 300 g/mol. The highest BCUT2D eigenvalue weighted by Gasteiger charge is 2.25. The minimum atomic E-state index is -0.244. The molecule has 1 saturated carbocycles. The number of carbonyl (C=O) groups is 1. The first-order chi connectivity index (χ1) is 11.6. The fourth-order valence-electron chi connectivity index (χ4n) is 3.76. The van der Waals surface area contributed by atoms with Crippen molar-refractivity contribution in [3.05, 3.63) is 59.4 Å². The summed E-state index contributed by atoms with van der Waals surface area (Å²) in [7, 11) is 0. The number of rotatable bonds is 5. The predicted molar refractivity (Wildman–Crippen MR) is 93.8 cm³/mol. The molecule has 0 saturated heterocycles. The quantitative estimate of drug-likeness (QED) is 0.881. The lowest BCUT2D eigenvalue weighted by Gasteiger charge is -2.29. The first kappa shape index (κ1) is 16.5. The van der Waals surface area contributed by atoms with Crippen molar-refractivity contribution in [1.29, 1.82) is 0 Å². The van der Waals surface area contributed by atoms with Gasteiger partial charge in [0.1, 0.15) is 5.75 Å². The van der Waals surface area contributed by atoms with E-state index < -0.39 is 0 Å². The van der Waals surface area contributed by atoms with E-state index in [1.807, 2.05) is 12.1 Å². The molecule has 2 aromatic rings. The third-order valence-electron chi connectivity index (χ3n) is 5.05. The Balaban J connectivity index is 1.66. The summed E-state index contributed by atoms with van der Waals surface area (Å²) < 4.78 is 0. The van der Waals surface area contributed by atoms with Crippen molar-refractivity contribution in [1.82, 2.24) is 4.98 Å². The van der Waals surface area contributed by atoms with E-state index in [1.165, 1.54) is 17.3 Å². The van der Waals surface area contributed by atoms with Crippen LogP contribution in [-0.2, 0) is 11.2 Å². The van der Waals surface area contributed by atoms with E-state index in [2.05, 4.69) is 23.2 Å². The van der Waals surface area contributed by atoms with Crippen LogP contribution in [0.1, 0.15) is 60.8 Å². The Morgan fingerprint density at radius 2 is 1.79 bits per heavy atom. The lowest BCUT2D eigenvalue weighted by molar-refractivity contribution is -0.117. The van der Waals surface area contributed by atoms with E-state index in [0.717, 1.165) is 37.8 Å². The van der Waals surface area contributed by atoms with Gasteiger partial charge in [-0.1, -0.05) is 24.3 Å². The molecule has 0 unspecified atom stereocenters. The summed E-state index contributed by atoms with van der Waals surface area (Å²) in [6.07, 6.45) is 7.12. The maximum absolute atomic E-state index is 11.1. The van der Waals surface area contributed by atoms with Crippen molar-refractivity contribution in [3.8, 4) is 5.75 Å². The third-order valence-corrected chi connectivity index (χ3v) is 5.05. The number of nitrogens with zero attached hydrogens (tertiary/aromatic N) is 1. The van der Waals surface area contributed by atoms with E-state index in [1.54, 1.807) is 6.07 Å². The third kappa shape index (κ3) is 3.94. The minimum absolute atomic E-state index is 0.218. The van der Waals surface area contributed by atoms with Gasteiger partial charge in [0.25, 0.3) is 0 Å². The second kappa shape index (κ2) is 7.47. The summed E-state index contributed by atoms with van der Waals surface area (Å²) in [5.41, 5.74) is 9.00. The Morgan fingerprint density at radius 1 is 1.08 bits per heavy atom. The highest BCUT2D eigenvalue weighted by atomic mass is 16.3. The van der Waals surface area contributed by atoms with Crippen LogP contribution < -0.4 is 5.73 Å². The Morgan fingerprint density at radius 3 is 2.46 bits per heavy atom. The highest BCUT2D eigenvalue weighted by Crippen LogP contribution is 2.41. The van der Waals surface area contributed by atoms with Crippen LogP contribution in [0.3, 0.4) is 0 Å². The van der Waals surface area contributed by atoms with Gasteiger partial charge in [-0.2, -0.15) is 0 Å². The molecule has 1 aromatic carbocycles. The molecule has 0 spiro atoms. The first-order valence-corrected chi connectivity index (χ1v) is 8.64. The number of amides is 1. The average molecular weight is 324 g/mol. The number of primary amides is 1. The molecule has 4 heteroatoms. The summed E-state index contributed by atoms with van der Waals surface area (Å²) >= 11 is 0. The van der Waals surface area contributed by atoms with Gasteiger partial charge in [-0.25, -0.2) is 0 Å². The van der Waals surface area contributed by atoms with Crippen molar-refractivity contribution >= 4 is 5.91 Å². The molecule has 1 aliphatic carbocycles. The number of hydrogen-bond donors (Lipinski definition) is 2. The standard InChI is InChI=1S/C20H24N2O2/c21-20(24)12-9-14-3-1-2-4-18(14)15-5-7-16(8-6-15)19-11-10-17(23)13-22-19/h1-4,10-11,13,15-16,23H,5-9,12H2,(H2,21,24). The fraction of sp³-hybridized carbons (Fsp3) is 0.400. The Bertz CT molecular complexity index is 689. The van der Waals surface area contributed by atoms with Gasteiger partial charge in [-0.15, -0.1) is 0 Å². The molecule has 0 atom stereocenters. The summed E-state index contributed by atoms with van der Waals surface area (Å²) in [6.45, 7) is 0. The second-order valence-electron chi connectivity index (χ2n) is 6.65. The first-order valence-electron chi connectivity index (χ1n) is 8.64. The van der Waals surface area contributed by atoms with Gasteiger partial charge in [-0.3, -0.25) is 9.78 Å². The normalized spacial score (nSPS) is 20.7. The zero-order chi connectivity index (χ0) is 16.9. The summed E-state index contributed by atoms with van der Waals surface area (Å²) in [5, 5.41) is 9.37. The van der Waals surface area contributed by atoms with E-state index >= 15 is 0 Å². The molecule has 0 aliphatic heterocycles. The summed E-state index contributed by atoms with van der Waals surface area (Å²) in [6, 6.07) is 12.1. The van der Waals surface area contributed by atoms with Gasteiger partial charge in [-0.05, 0) is 61.3 Å². The lowest BCUT2D eigenvalue weighted by atomic mass is 9.76. The molecule has 0 bridgehead atoms. The molecule has 24 heavy (non-hydrogen) atoms. The molecule has 126 valence electrons. The summed E-state index contributed by atoms with van der Waals surface area (Å²) in [5.74, 6) is 0.991. The predicted octanol–water partition coefficient (Wildman–Crippen LogP) is 3.65. The molecular formula is C20H24N2O2. The lowest BCUT2D eigenvalue weighted by Crippen LogP contribution is -2.15. The van der Waals surface area contributed by atoms with Gasteiger partial charge in [0, 0.05) is 18.0 Å². The number of pyridine rings is 1. The molecule has 1 aliphatic rings. The van der Waals surface area contributed by atoms with Crippen LogP contribution in [0.15, 0.2) is 42.6 Å². The number of hydrogen-bond acceptors (Lipinski definition) is 3. The van der Waals surface area contributed by atoms with Crippen molar-refractivity contribution in [2.24, 2.45) is 5.73 Å². The van der Waals surface area contributed by atoms with Crippen molar-refractivity contribution in [3.63, 3.8) is 0 Å². The Kier molecular flexibility index (Phi) is 5.14. The van der Waals surface area contributed by atoms with Gasteiger partial charge >= 0.3 is 0 Å². The number of carbonyl (C=O) groups excluding carboxylic acids is 1. The van der Waals surface area contributed by atoms with Crippen LogP contribution in [-0.4, -0.2) is 16.0 Å². The van der Waals surface area contributed by atoms with Crippen LogP contribution in [0.4, 0.5) is 0 Å². The van der Waals surface area contributed by atoms with E-state index in [9.17, 15) is 9.90 Å².